The summed E-state index contributed by atoms with van der Waals surface area (Å²) in [7, 11) is 1.90. The van der Waals surface area contributed by atoms with E-state index in [1.165, 1.54) is 0 Å². The maximum atomic E-state index is 12.1. The van der Waals surface area contributed by atoms with Gasteiger partial charge in [-0.05, 0) is 31.8 Å². The molecule has 0 bridgehead atoms. The van der Waals surface area contributed by atoms with Crippen molar-refractivity contribution in [2.75, 3.05) is 33.3 Å². The number of ether oxygens (including phenoxy) is 1. The van der Waals surface area contributed by atoms with Gasteiger partial charge in [-0.3, -0.25) is 4.79 Å². The van der Waals surface area contributed by atoms with Crippen LogP contribution in [0.25, 0.3) is 0 Å². The van der Waals surface area contributed by atoms with Crippen LogP contribution in [-0.2, 0) is 9.53 Å². The number of hydrogen-bond acceptors (Lipinski definition) is 3. The van der Waals surface area contributed by atoms with Gasteiger partial charge in [0.25, 0.3) is 0 Å². The predicted molar refractivity (Wildman–Crippen MR) is 62.1 cm³/mol. The molecule has 92 valence electrons. The van der Waals surface area contributed by atoms with Crippen LogP contribution in [0.1, 0.15) is 19.8 Å². The van der Waals surface area contributed by atoms with E-state index in [-0.39, 0.29) is 17.9 Å². The quantitative estimate of drug-likeness (QED) is 0.758. The van der Waals surface area contributed by atoms with Crippen molar-refractivity contribution < 1.29 is 9.53 Å². The topological polar surface area (TPSA) is 41.6 Å². The monoisotopic (exact) mass is 226 g/mol. The number of nitrogens with zero attached hydrogens (tertiary/aromatic N) is 1. The highest BCUT2D eigenvalue weighted by molar-refractivity contribution is 5.78. The second-order valence-corrected chi connectivity index (χ2v) is 5.06. The summed E-state index contributed by atoms with van der Waals surface area (Å²) in [5, 5.41) is 3.21. The number of hydrogen-bond donors (Lipinski definition) is 1. The van der Waals surface area contributed by atoms with Gasteiger partial charge in [0.15, 0.2) is 0 Å². The second kappa shape index (κ2) is 5.15. The minimum Gasteiger partial charge on any atom is -0.376 e. The molecule has 2 heterocycles. The van der Waals surface area contributed by atoms with Crippen LogP contribution < -0.4 is 5.32 Å². The van der Waals surface area contributed by atoms with Crippen LogP contribution >= 0.6 is 0 Å². The predicted octanol–water partition coefficient (Wildman–Crippen LogP) is 0.479. The van der Waals surface area contributed by atoms with E-state index in [0.717, 1.165) is 39.1 Å². The lowest BCUT2D eigenvalue weighted by atomic mass is 9.88. The van der Waals surface area contributed by atoms with E-state index in [9.17, 15) is 4.79 Å². The highest BCUT2D eigenvalue weighted by Crippen LogP contribution is 2.19. The molecule has 2 aliphatic heterocycles. The normalized spacial score (nSPS) is 27.5. The summed E-state index contributed by atoms with van der Waals surface area (Å²) in [4.78, 5) is 14.0. The molecule has 0 saturated carbocycles. The van der Waals surface area contributed by atoms with Crippen molar-refractivity contribution in [3.05, 3.63) is 0 Å². The Morgan fingerprint density at radius 1 is 1.56 bits per heavy atom. The number of carbonyl (C=O) groups is 1. The first-order chi connectivity index (χ1) is 7.68. The van der Waals surface area contributed by atoms with Gasteiger partial charge in [0.1, 0.15) is 0 Å². The van der Waals surface area contributed by atoms with Crippen molar-refractivity contribution in [2.24, 2.45) is 11.8 Å². The van der Waals surface area contributed by atoms with Gasteiger partial charge in [-0.25, -0.2) is 0 Å². The minimum absolute atomic E-state index is 0.146. The number of nitrogens with one attached hydrogen (secondary N) is 1. The molecule has 0 aliphatic carbocycles. The molecule has 1 amide bonds. The van der Waals surface area contributed by atoms with Gasteiger partial charge in [-0.1, -0.05) is 6.92 Å². The third kappa shape index (κ3) is 2.55. The van der Waals surface area contributed by atoms with E-state index in [1.807, 2.05) is 18.9 Å². The maximum absolute atomic E-state index is 12.1. The number of amides is 1. The van der Waals surface area contributed by atoms with Crippen LogP contribution in [0.15, 0.2) is 0 Å². The van der Waals surface area contributed by atoms with Gasteiger partial charge < -0.3 is 15.0 Å². The van der Waals surface area contributed by atoms with Crippen LogP contribution in [0, 0.1) is 11.8 Å². The zero-order valence-electron chi connectivity index (χ0n) is 10.2. The van der Waals surface area contributed by atoms with Crippen molar-refractivity contribution in [1.82, 2.24) is 10.2 Å². The smallest absolute Gasteiger partial charge is 0.225 e. The molecule has 2 unspecified atom stereocenters. The Morgan fingerprint density at radius 2 is 2.31 bits per heavy atom. The lowest BCUT2D eigenvalue weighted by molar-refractivity contribution is -0.137. The molecule has 4 nitrogen and oxygen atoms in total. The van der Waals surface area contributed by atoms with Crippen molar-refractivity contribution in [1.29, 1.82) is 0 Å². The zero-order chi connectivity index (χ0) is 11.5. The molecule has 1 N–H and O–H groups in total. The molecule has 0 radical (unpaired) electrons. The van der Waals surface area contributed by atoms with Crippen LogP contribution in [0.3, 0.4) is 0 Å². The Kier molecular flexibility index (Phi) is 3.82. The van der Waals surface area contributed by atoms with Crippen molar-refractivity contribution >= 4 is 5.91 Å². The molecule has 2 aliphatic rings. The fourth-order valence-corrected chi connectivity index (χ4v) is 2.40. The van der Waals surface area contributed by atoms with Crippen LogP contribution in [0.4, 0.5) is 0 Å². The molecule has 2 rings (SSSR count). The van der Waals surface area contributed by atoms with E-state index in [2.05, 4.69) is 5.32 Å². The molecular weight excluding hydrogens is 204 g/mol. The molecule has 0 aromatic carbocycles. The minimum atomic E-state index is 0.146. The Labute approximate surface area is 97.3 Å². The first-order valence-electron chi connectivity index (χ1n) is 6.26. The number of carbonyl (C=O) groups excluding carboxylic acids is 1. The average molecular weight is 226 g/mol. The Balaban J connectivity index is 1.78. The SMILES string of the molecule is CC(C(=O)N(C)CC1CCCO1)C1CNC1. The van der Waals surface area contributed by atoms with Crippen molar-refractivity contribution in [3.8, 4) is 0 Å². The lowest BCUT2D eigenvalue weighted by Crippen LogP contribution is -2.50. The third-order valence-corrected chi connectivity index (χ3v) is 3.79. The molecule has 0 aromatic heterocycles. The van der Waals surface area contributed by atoms with Gasteiger partial charge >= 0.3 is 0 Å². The molecule has 2 atom stereocenters. The molecular formula is C12H22N2O2. The molecule has 2 saturated heterocycles. The van der Waals surface area contributed by atoms with Crippen LogP contribution in [0.5, 0.6) is 0 Å². The van der Waals surface area contributed by atoms with Crippen LogP contribution in [-0.4, -0.2) is 50.2 Å². The van der Waals surface area contributed by atoms with Gasteiger partial charge in [-0.2, -0.15) is 0 Å². The lowest BCUT2D eigenvalue weighted by Gasteiger charge is -2.34. The largest absolute Gasteiger partial charge is 0.376 e. The van der Waals surface area contributed by atoms with E-state index < -0.39 is 0 Å². The highest BCUT2D eigenvalue weighted by atomic mass is 16.5. The Bertz CT molecular complexity index is 247. The summed E-state index contributed by atoms with van der Waals surface area (Å²) in [5.74, 6) is 0.939. The maximum Gasteiger partial charge on any atom is 0.225 e. The Morgan fingerprint density at radius 3 is 2.81 bits per heavy atom. The summed E-state index contributed by atoms with van der Waals surface area (Å²) in [5.41, 5.74) is 0. The highest BCUT2D eigenvalue weighted by Gasteiger charge is 2.31. The van der Waals surface area contributed by atoms with E-state index in [1.54, 1.807) is 0 Å². The van der Waals surface area contributed by atoms with Gasteiger partial charge in [0, 0.05) is 26.1 Å². The summed E-state index contributed by atoms with van der Waals surface area (Å²) in [6.07, 6.45) is 2.49. The first kappa shape index (κ1) is 11.9. The standard InChI is InChI=1S/C12H22N2O2/c1-9(10-6-13-7-10)12(15)14(2)8-11-4-3-5-16-11/h9-11,13H,3-8H2,1-2H3. The average Bonchev–Trinajstić information content (AvgIpc) is 2.66. The van der Waals surface area contributed by atoms with E-state index in [4.69, 9.17) is 4.74 Å². The van der Waals surface area contributed by atoms with Crippen molar-refractivity contribution in [3.63, 3.8) is 0 Å². The summed E-state index contributed by atoms with van der Waals surface area (Å²) in [6, 6.07) is 0. The van der Waals surface area contributed by atoms with Crippen LogP contribution in [0.2, 0.25) is 0 Å². The molecule has 0 spiro atoms. The number of likely N-dealkylation sites (N-methyl/N-ethyl adjacent to an activating group) is 1. The van der Waals surface area contributed by atoms with Crippen molar-refractivity contribution in [2.45, 2.75) is 25.9 Å². The number of rotatable bonds is 4. The summed E-state index contributed by atoms with van der Waals surface area (Å²) >= 11 is 0. The molecule has 16 heavy (non-hydrogen) atoms. The fraction of sp³-hybridized carbons (Fsp3) is 0.917. The third-order valence-electron chi connectivity index (χ3n) is 3.79. The van der Waals surface area contributed by atoms with E-state index in [0.29, 0.717) is 5.92 Å². The van der Waals surface area contributed by atoms with Gasteiger partial charge in [0.05, 0.1) is 6.10 Å². The summed E-state index contributed by atoms with van der Waals surface area (Å²) < 4.78 is 5.55. The molecule has 0 aromatic rings. The molecule has 4 heteroatoms. The van der Waals surface area contributed by atoms with E-state index >= 15 is 0 Å². The summed E-state index contributed by atoms with van der Waals surface area (Å²) in [6.45, 7) is 5.62. The first-order valence-corrected chi connectivity index (χ1v) is 6.26. The Hall–Kier alpha value is -0.610. The second-order valence-electron chi connectivity index (χ2n) is 5.06. The van der Waals surface area contributed by atoms with Gasteiger partial charge in [0.2, 0.25) is 5.91 Å². The fourth-order valence-electron chi connectivity index (χ4n) is 2.40. The zero-order valence-corrected chi connectivity index (χ0v) is 10.2. The van der Waals surface area contributed by atoms with Gasteiger partial charge in [-0.15, -0.1) is 0 Å². The molecule has 2 fully saturated rings.